The lowest BCUT2D eigenvalue weighted by Gasteiger charge is -2.39. The normalized spacial score (nSPS) is 14.5. The molecule has 0 saturated carbocycles. The van der Waals surface area contributed by atoms with Crippen LogP contribution in [0.4, 0.5) is 13.2 Å². The maximum Gasteiger partial charge on any atom is 0.416 e. The summed E-state index contributed by atoms with van der Waals surface area (Å²) in [6.45, 7) is 5.48. The summed E-state index contributed by atoms with van der Waals surface area (Å²) in [6.07, 6.45) is 4.91. The van der Waals surface area contributed by atoms with Crippen LogP contribution in [0, 0.1) is 0 Å². The zero-order chi connectivity index (χ0) is 35.3. The number of hydrogen-bond donors (Lipinski definition) is 0. The van der Waals surface area contributed by atoms with Crippen LogP contribution in [0.5, 0.6) is 0 Å². The number of rotatable bonds is 14. The summed E-state index contributed by atoms with van der Waals surface area (Å²) in [5.74, 6) is -0.515. The fourth-order valence-electron chi connectivity index (χ4n) is 6.20. The number of halogens is 3. The summed E-state index contributed by atoms with van der Waals surface area (Å²) < 4.78 is 39.4. The highest BCUT2D eigenvalue weighted by atomic mass is 19.4. The summed E-state index contributed by atoms with van der Waals surface area (Å²) in [5, 5.41) is 0. The van der Waals surface area contributed by atoms with Crippen LogP contribution in [0.3, 0.4) is 0 Å². The van der Waals surface area contributed by atoms with Crippen LogP contribution in [0.15, 0.2) is 109 Å². The first-order chi connectivity index (χ1) is 24.2. The number of benzene rings is 3. The number of unbranched alkanes of at least 4 members (excludes halogenated alkanes) is 2. The molecule has 0 radical (unpaired) electrons. The van der Waals surface area contributed by atoms with Gasteiger partial charge in [-0.3, -0.25) is 19.5 Å². The Kier molecular flexibility index (Phi) is 13.0. The summed E-state index contributed by atoms with van der Waals surface area (Å²) in [5.41, 5.74) is 3.72. The molecule has 50 heavy (non-hydrogen) atoms. The van der Waals surface area contributed by atoms with Crippen molar-refractivity contribution in [3.8, 4) is 0 Å². The molecule has 5 rings (SSSR count). The minimum atomic E-state index is -4.45. The summed E-state index contributed by atoms with van der Waals surface area (Å²) in [6, 6.07) is 27.6. The zero-order valence-electron chi connectivity index (χ0n) is 28.6. The molecule has 6 nitrogen and oxygen atoms in total. The maximum atomic E-state index is 14.5. The van der Waals surface area contributed by atoms with Crippen molar-refractivity contribution in [1.82, 2.24) is 19.7 Å². The molecule has 9 heteroatoms. The molecule has 0 bridgehead atoms. The molecule has 1 aliphatic rings. The minimum absolute atomic E-state index is 0.126. The smallest absolute Gasteiger partial charge is 0.338 e. The quantitative estimate of drug-likeness (QED) is 0.101. The average molecular weight is 683 g/mol. The molecule has 262 valence electrons. The van der Waals surface area contributed by atoms with E-state index in [1.54, 1.807) is 11.1 Å². The number of carbonyl (C=O) groups excluding carboxylic acids is 2. The third-order valence-electron chi connectivity index (χ3n) is 9.11. The summed E-state index contributed by atoms with van der Waals surface area (Å²) in [7, 11) is 0. The third-order valence-corrected chi connectivity index (χ3v) is 9.11. The molecular formula is C41H45F3N4O2. The van der Waals surface area contributed by atoms with Gasteiger partial charge in [0.05, 0.1) is 11.3 Å². The van der Waals surface area contributed by atoms with Crippen LogP contribution in [0.25, 0.3) is 6.08 Å². The van der Waals surface area contributed by atoms with Crippen LogP contribution in [0.2, 0.25) is 0 Å². The van der Waals surface area contributed by atoms with Crippen molar-refractivity contribution in [2.24, 2.45) is 0 Å². The van der Waals surface area contributed by atoms with E-state index in [0.29, 0.717) is 44.7 Å². The maximum absolute atomic E-state index is 14.5. The Labute approximate surface area is 293 Å². The van der Waals surface area contributed by atoms with Crippen LogP contribution in [-0.4, -0.2) is 63.7 Å². The molecule has 2 heterocycles. The van der Waals surface area contributed by atoms with Crippen LogP contribution < -0.4 is 0 Å². The second-order valence-corrected chi connectivity index (χ2v) is 12.8. The van der Waals surface area contributed by atoms with Gasteiger partial charge in [-0.15, -0.1) is 0 Å². The number of aromatic nitrogens is 1. The lowest BCUT2D eigenvalue weighted by atomic mass is 10.0. The molecule has 3 aromatic carbocycles. The molecule has 4 aromatic rings. The van der Waals surface area contributed by atoms with Gasteiger partial charge in [0.2, 0.25) is 11.8 Å². The van der Waals surface area contributed by atoms with Gasteiger partial charge in [-0.25, -0.2) is 0 Å². The van der Waals surface area contributed by atoms with Gasteiger partial charge in [-0.05, 0) is 65.4 Å². The fraction of sp³-hybridized carbons (Fsp3) is 0.341. The van der Waals surface area contributed by atoms with Crippen LogP contribution in [-0.2, 0) is 41.7 Å². The highest BCUT2D eigenvalue weighted by Crippen LogP contribution is 2.29. The molecule has 0 N–H and O–H groups in total. The van der Waals surface area contributed by atoms with E-state index in [9.17, 15) is 22.8 Å². The first-order valence-corrected chi connectivity index (χ1v) is 17.4. The van der Waals surface area contributed by atoms with Crippen molar-refractivity contribution in [2.45, 2.75) is 64.3 Å². The average Bonchev–Trinajstić information content (AvgIpc) is 3.13. The van der Waals surface area contributed by atoms with E-state index in [-0.39, 0.29) is 18.4 Å². The number of amides is 2. The van der Waals surface area contributed by atoms with Gasteiger partial charge in [-0.2, -0.15) is 13.2 Å². The number of pyridine rings is 1. The molecule has 0 unspecified atom stereocenters. The number of carbonyl (C=O) groups is 2. The Bertz CT molecular complexity index is 1670. The van der Waals surface area contributed by atoms with Gasteiger partial charge in [0.25, 0.3) is 0 Å². The van der Waals surface area contributed by atoms with E-state index in [4.69, 9.17) is 0 Å². The van der Waals surface area contributed by atoms with Gasteiger partial charge in [0.1, 0.15) is 6.04 Å². The summed E-state index contributed by atoms with van der Waals surface area (Å²) in [4.78, 5) is 38.8. The largest absolute Gasteiger partial charge is 0.416 e. The molecule has 1 aromatic heterocycles. The fourth-order valence-corrected chi connectivity index (χ4v) is 6.20. The Hall–Kier alpha value is -4.76. The Balaban J connectivity index is 1.40. The molecule has 1 saturated heterocycles. The van der Waals surface area contributed by atoms with Crippen molar-refractivity contribution in [1.29, 1.82) is 0 Å². The van der Waals surface area contributed by atoms with Gasteiger partial charge >= 0.3 is 6.18 Å². The van der Waals surface area contributed by atoms with Crippen LogP contribution in [0.1, 0.15) is 59.7 Å². The number of nitrogens with zero attached hydrogens (tertiary/aromatic N) is 4. The monoisotopic (exact) mass is 682 g/mol. The number of aryl methyl sites for hydroxylation is 1. The number of alkyl halides is 3. The number of hydrogen-bond acceptors (Lipinski definition) is 4. The Morgan fingerprint density at radius 2 is 1.50 bits per heavy atom. The predicted molar refractivity (Wildman–Crippen MR) is 191 cm³/mol. The predicted octanol–water partition coefficient (Wildman–Crippen LogP) is 7.83. The molecule has 1 fully saturated rings. The van der Waals surface area contributed by atoms with Gasteiger partial charge < -0.3 is 9.80 Å². The molecular weight excluding hydrogens is 637 g/mol. The standard InChI is InChI=1S/C41H45F3N4O2/c1-2-3-5-10-32-14-16-35(17-15-32)30-48(39(49)23-20-33-18-21-36(22-19-33)41(42,43)44)38(29-34-11-6-4-7-12-34)40(50)47-27-25-46(26-28-47)31-37-13-8-9-24-45-37/h4,6-9,11-24,38H,2-3,5,10,25-31H2,1H3/b23-20-/t38-/m0/s1. The Morgan fingerprint density at radius 3 is 2.14 bits per heavy atom. The van der Waals surface area contributed by atoms with Gasteiger partial charge in [0, 0.05) is 58.0 Å². The van der Waals surface area contributed by atoms with E-state index in [0.717, 1.165) is 54.6 Å². The highest BCUT2D eigenvalue weighted by Gasteiger charge is 2.34. The lowest BCUT2D eigenvalue weighted by Crippen LogP contribution is -2.56. The van der Waals surface area contributed by atoms with Crippen molar-refractivity contribution in [2.75, 3.05) is 26.2 Å². The molecule has 0 aliphatic carbocycles. The van der Waals surface area contributed by atoms with Gasteiger partial charge in [-0.1, -0.05) is 92.6 Å². The lowest BCUT2D eigenvalue weighted by molar-refractivity contribution is -0.145. The van der Waals surface area contributed by atoms with Gasteiger partial charge in [0.15, 0.2) is 0 Å². The first-order valence-electron chi connectivity index (χ1n) is 17.4. The molecule has 1 atom stereocenters. The molecule has 2 amide bonds. The third kappa shape index (κ3) is 10.6. The van der Waals surface area contributed by atoms with E-state index in [1.807, 2.05) is 65.6 Å². The second-order valence-electron chi connectivity index (χ2n) is 12.8. The van der Waals surface area contributed by atoms with Crippen LogP contribution >= 0.6 is 0 Å². The highest BCUT2D eigenvalue weighted by molar-refractivity contribution is 5.95. The second kappa shape index (κ2) is 17.8. The van der Waals surface area contributed by atoms with E-state index in [2.05, 4.69) is 28.9 Å². The zero-order valence-corrected chi connectivity index (χ0v) is 28.6. The van der Waals surface area contributed by atoms with Crippen molar-refractivity contribution in [3.05, 3.63) is 143 Å². The Morgan fingerprint density at radius 1 is 0.820 bits per heavy atom. The number of piperazine rings is 1. The van der Waals surface area contributed by atoms with E-state index < -0.39 is 17.8 Å². The molecule has 0 spiro atoms. The van der Waals surface area contributed by atoms with E-state index in [1.165, 1.54) is 29.8 Å². The topological polar surface area (TPSA) is 56.8 Å². The SMILES string of the molecule is CCCCCc1ccc(CN(C(=O)/C=C\c2ccc(C(F)(F)F)cc2)[C@@H](Cc2ccccc2)C(=O)N2CCN(Cc3ccccn3)CC2)cc1. The first kappa shape index (κ1) is 36.5. The van der Waals surface area contributed by atoms with Crippen molar-refractivity contribution < 1.29 is 22.8 Å². The minimum Gasteiger partial charge on any atom is -0.338 e. The summed E-state index contributed by atoms with van der Waals surface area (Å²) >= 11 is 0. The van der Waals surface area contributed by atoms with Crippen molar-refractivity contribution in [3.63, 3.8) is 0 Å². The van der Waals surface area contributed by atoms with E-state index >= 15 is 0 Å². The molecule has 1 aliphatic heterocycles. The van der Waals surface area contributed by atoms with Crippen molar-refractivity contribution >= 4 is 17.9 Å².